The second-order valence-corrected chi connectivity index (χ2v) is 3.79. The highest BCUT2D eigenvalue weighted by Crippen LogP contribution is 2.26. The number of nitrogens with zero attached hydrogens (tertiary/aromatic N) is 1. The number of hydrogen-bond donors (Lipinski definition) is 0. The summed E-state index contributed by atoms with van der Waals surface area (Å²) in [6.07, 6.45) is 3.88. The van der Waals surface area contributed by atoms with E-state index < -0.39 is 0 Å². The smallest absolute Gasteiger partial charge is 0.0657 e. The molecule has 11 heavy (non-hydrogen) atoms. The molecule has 1 saturated heterocycles. The zero-order valence-electron chi connectivity index (χ0n) is 7.89. The summed E-state index contributed by atoms with van der Waals surface area (Å²) in [6, 6.07) is 0. The number of hydrogen-bond acceptors (Lipinski definition) is 2. The Morgan fingerprint density at radius 3 is 2.64 bits per heavy atom. The Morgan fingerprint density at radius 1 is 1.36 bits per heavy atom. The maximum atomic E-state index is 5.53. The second-order valence-electron chi connectivity index (χ2n) is 3.79. The van der Waals surface area contributed by atoms with Crippen molar-refractivity contribution in [3.8, 4) is 0 Å². The summed E-state index contributed by atoms with van der Waals surface area (Å²) in [5.41, 5.74) is 0.258. The summed E-state index contributed by atoms with van der Waals surface area (Å²) in [5.74, 6) is 0. The molecule has 66 valence electrons. The molecule has 1 heterocycles. The summed E-state index contributed by atoms with van der Waals surface area (Å²) >= 11 is 0. The molecule has 1 fully saturated rings. The Bertz CT molecular complexity index is 121. The Morgan fingerprint density at radius 2 is 2.09 bits per heavy atom. The normalized spacial score (nSPS) is 25.4. The van der Waals surface area contributed by atoms with Gasteiger partial charge in [0.25, 0.3) is 0 Å². The Kier molecular flexibility index (Phi) is 2.90. The van der Waals surface area contributed by atoms with Gasteiger partial charge in [0.1, 0.15) is 0 Å². The van der Waals surface area contributed by atoms with E-state index in [0.717, 1.165) is 13.2 Å². The molecule has 0 radical (unpaired) electrons. The number of hydroxylamine groups is 2. The molecule has 0 aromatic carbocycles. The predicted octanol–water partition coefficient (Wildman–Crippen LogP) is 2.20. The van der Waals surface area contributed by atoms with Crippen LogP contribution < -0.4 is 0 Å². The van der Waals surface area contributed by atoms with Crippen LogP contribution in [-0.2, 0) is 4.84 Å². The third-order valence-corrected chi connectivity index (χ3v) is 2.36. The van der Waals surface area contributed by atoms with Gasteiger partial charge in [-0.25, -0.2) is 0 Å². The molecule has 1 rings (SSSR count). The molecule has 0 aliphatic carbocycles. The van der Waals surface area contributed by atoms with Crippen LogP contribution in [0.25, 0.3) is 0 Å². The van der Waals surface area contributed by atoms with Crippen LogP contribution in [0.4, 0.5) is 0 Å². The van der Waals surface area contributed by atoms with E-state index in [-0.39, 0.29) is 5.54 Å². The summed E-state index contributed by atoms with van der Waals surface area (Å²) in [6.45, 7) is 8.44. The molecule has 0 atom stereocenters. The van der Waals surface area contributed by atoms with Crippen LogP contribution in [0.2, 0.25) is 0 Å². The molecule has 0 aromatic heterocycles. The SMILES string of the molecule is CCON1CCCCC1(C)C. The number of rotatable bonds is 2. The van der Waals surface area contributed by atoms with E-state index >= 15 is 0 Å². The van der Waals surface area contributed by atoms with Gasteiger partial charge in [0.15, 0.2) is 0 Å². The van der Waals surface area contributed by atoms with Crippen molar-refractivity contribution in [3.63, 3.8) is 0 Å². The molecule has 0 saturated carbocycles. The van der Waals surface area contributed by atoms with Crippen molar-refractivity contribution in [3.05, 3.63) is 0 Å². The van der Waals surface area contributed by atoms with E-state index in [1.54, 1.807) is 0 Å². The molecule has 0 spiro atoms. The van der Waals surface area contributed by atoms with Crippen molar-refractivity contribution in [1.82, 2.24) is 5.06 Å². The molecular formula is C9H19NO. The van der Waals surface area contributed by atoms with E-state index in [4.69, 9.17) is 4.84 Å². The van der Waals surface area contributed by atoms with Crippen LogP contribution in [0.15, 0.2) is 0 Å². The molecule has 2 nitrogen and oxygen atoms in total. The lowest BCUT2D eigenvalue weighted by atomic mass is 9.93. The van der Waals surface area contributed by atoms with Crippen molar-refractivity contribution in [1.29, 1.82) is 0 Å². The second kappa shape index (κ2) is 3.55. The van der Waals surface area contributed by atoms with Crippen molar-refractivity contribution in [2.45, 2.75) is 45.6 Å². The minimum atomic E-state index is 0.258. The fraction of sp³-hybridized carbons (Fsp3) is 1.00. The monoisotopic (exact) mass is 157 g/mol. The topological polar surface area (TPSA) is 12.5 Å². The molecule has 0 amide bonds. The van der Waals surface area contributed by atoms with Gasteiger partial charge < -0.3 is 0 Å². The molecule has 0 unspecified atom stereocenters. The molecule has 0 bridgehead atoms. The standard InChI is InChI=1S/C9H19NO/c1-4-11-10-8-6-5-7-9(10,2)3/h4-8H2,1-3H3. The quantitative estimate of drug-likeness (QED) is 0.609. The molecule has 0 aromatic rings. The van der Waals surface area contributed by atoms with Gasteiger partial charge in [-0.2, -0.15) is 5.06 Å². The fourth-order valence-corrected chi connectivity index (χ4v) is 1.64. The van der Waals surface area contributed by atoms with E-state index in [9.17, 15) is 0 Å². The highest BCUT2D eigenvalue weighted by molar-refractivity contribution is 4.80. The Balaban J connectivity index is 2.45. The van der Waals surface area contributed by atoms with Gasteiger partial charge in [-0.3, -0.25) is 4.84 Å². The third kappa shape index (κ3) is 2.17. The number of piperidine rings is 1. The van der Waals surface area contributed by atoms with E-state index in [0.29, 0.717) is 0 Å². The molecule has 1 aliphatic heterocycles. The zero-order chi connectivity index (χ0) is 8.32. The summed E-state index contributed by atoms with van der Waals surface area (Å²) < 4.78 is 0. The summed E-state index contributed by atoms with van der Waals surface area (Å²) in [4.78, 5) is 5.53. The van der Waals surface area contributed by atoms with Gasteiger partial charge in [-0.05, 0) is 33.6 Å². The van der Waals surface area contributed by atoms with E-state index in [1.165, 1.54) is 19.3 Å². The maximum absolute atomic E-state index is 5.53. The summed E-state index contributed by atoms with van der Waals surface area (Å²) in [5, 5.41) is 2.14. The molecule has 2 heteroatoms. The van der Waals surface area contributed by atoms with Crippen LogP contribution >= 0.6 is 0 Å². The fourth-order valence-electron chi connectivity index (χ4n) is 1.64. The van der Waals surface area contributed by atoms with Crippen molar-refractivity contribution in [2.75, 3.05) is 13.2 Å². The predicted molar refractivity (Wildman–Crippen MR) is 46.3 cm³/mol. The Labute approximate surface area is 69.5 Å². The van der Waals surface area contributed by atoms with Crippen LogP contribution in [0, 0.1) is 0 Å². The molecular weight excluding hydrogens is 138 g/mol. The average Bonchev–Trinajstić information content (AvgIpc) is 1.94. The van der Waals surface area contributed by atoms with Crippen molar-refractivity contribution in [2.24, 2.45) is 0 Å². The highest BCUT2D eigenvalue weighted by atomic mass is 16.7. The van der Waals surface area contributed by atoms with Crippen LogP contribution in [-0.4, -0.2) is 23.8 Å². The molecule has 0 N–H and O–H groups in total. The lowest BCUT2D eigenvalue weighted by Crippen LogP contribution is -2.47. The van der Waals surface area contributed by atoms with Gasteiger partial charge in [-0.1, -0.05) is 6.42 Å². The lowest BCUT2D eigenvalue weighted by molar-refractivity contribution is -0.223. The van der Waals surface area contributed by atoms with Gasteiger partial charge in [0.05, 0.1) is 6.61 Å². The summed E-state index contributed by atoms with van der Waals surface area (Å²) in [7, 11) is 0. The third-order valence-electron chi connectivity index (χ3n) is 2.36. The first-order valence-corrected chi connectivity index (χ1v) is 4.57. The van der Waals surface area contributed by atoms with Gasteiger partial charge in [-0.15, -0.1) is 0 Å². The van der Waals surface area contributed by atoms with Gasteiger partial charge in [0, 0.05) is 12.1 Å². The van der Waals surface area contributed by atoms with E-state index in [2.05, 4.69) is 18.9 Å². The van der Waals surface area contributed by atoms with Gasteiger partial charge in [0.2, 0.25) is 0 Å². The average molecular weight is 157 g/mol. The van der Waals surface area contributed by atoms with E-state index in [1.807, 2.05) is 6.92 Å². The maximum Gasteiger partial charge on any atom is 0.0657 e. The first-order valence-electron chi connectivity index (χ1n) is 4.57. The van der Waals surface area contributed by atoms with Crippen molar-refractivity contribution < 1.29 is 4.84 Å². The highest BCUT2D eigenvalue weighted by Gasteiger charge is 2.29. The first kappa shape index (κ1) is 9.01. The Hall–Kier alpha value is -0.0800. The minimum absolute atomic E-state index is 0.258. The van der Waals surface area contributed by atoms with Crippen molar-refractivity contribution >= 4 is 0 Å². The van der Waals surface area contributed by atoms with Crippen LogP contribution in [0.1, 0.15) is 40.0 Å². The molecule has 1 aliphatic rings. The van der Waals surface area contributed by atoms with Gasteiger partial charge >= 0.3 is 0 Å². The lowest BCUT2D eigenvalue weighted by Gasteiger charge is -2.40. The minimum Gasteiger partial charge on any atom is -0.299 e. The van der Waals surface area contributed by atoms with Crippen LogP contribution in [0.5, 0.6) is 0 Å². The largest absolute Gasteiger partial charge is 0.299 e. The van der Waals surface area contributed by atoms with Crippen LogP contribution in [0.3, 0.4) is 0 Å². The zero-order valence-corrected chi connectivity index (χ0v) is 7.89. The first-order chi connectivity index (χ1) is 5.17.